The third-order valence-electron chi connectivity index (χ3n) is 2.70. The van der Waals surface area contributed by atoms with Crippen LogP contribution < -0.4 is 5.32 Å². The van der Waals surface area contributed by atoms with Gasteiger partial charge in [0, 0.05) is 22.4 Å². The summed E-state index contributed by atoms with van der Waals surface area (Å²) in [4.78, 5) is 14.8. The molecule has 1 aromatic carbocycles. The minimum absolute atomic E-state index is 0.130. The maximum absolute atomic E-state index is 10.7. The van der Waals surface area contributed by atoms with E-state index < -0.39 is 5.97 Å². The van der Waals surface area contributed by atoms with Gasteiger partial charge in [-0.15, -0.1) is 11.3 Å². The molecule has 6 heteroatoms. The summed E-state index contributed by atoms with van der Waals surface area (Å²) in [5, 5.41) is 14.0. The van der Waals surface area contributed by atoms with Crippen LogP contribution in [0.25, 0.3) is 0 Å². The highest BCUT2D eigenvalue weighted by molar-refractivity contribution is 9.10. The predicted molar refractivity (Wildman–Crippen MR) is 78.5 cm³/mol. The zero-order valence-electron chi connectivity index (χ0n) is 10.3. The summed E-state index contributed by atoms with van der Waals surface area (Å²) in [6.07, 6.45) is 0. The average Bonchev–Trinajstić information content (AvgIpc) is 2.85. The lowest BCUT2D eigenvalue weighted by Crippen LogP contribution is -2.18. The second-order valence-electron chi connectivity index (χ2n) is 4.07. The zero-order valence-corrected chi connectivity index (χ0v) is 12.7. The van der Waals surface area contributed by atoms with Crippen LogP contribution in [0.3, 0.4) is 0 Å². The first kappa shape index (κ1) is 14.2. The van der Waals surface area contributed by atoms with Crippen LogP contribution in [0.1, 0.15) is 34.0 Å². The van der Waals surface area contributed by atoms with E-state index in [1.165, 1.54) is 0 Å². The Morgan fingerprint density at radius 2 is 2.26 bits per heavy atom. The molecule has 19 heavy (non-hydrogen) atoms. The SMILES string of the molecule is C[C@@H](NCc1csc(C(=O)O)n1)c1ccccc1Br. The number of thiazole rings is 1. The van der Waals surface area contributed by atoms with Gasteiger partial charge in [0.2, 0.25) is 5.01 Å². The third-order valence-corrected chi connectivity index (χ3v) is 4.30. The second kappa shape index (κ2) is 6.27. The molecule has 1 heterocycles. The smallest absolute Gasteiger partial charge is 0.365 e. The van der Waals surface area contributed by atoms with Gasteiger partial charge in [0.05, 0.1) is 5.69 Å². The number of aromatic carboxylic acids is 1. The van der Waals surface area contributed by atoms with Gasteiger partial charge in [-0.3, -0.25) is 0 Å². The van der Waals surface area contributed by atoms with Crippen LogP contribution in [-0.4, -0.2) is 16.1 Å². The van der Waals surface area contributed by atoms with Crippen molar-refractivity contribution in [1.82, 2.24) is 10.3 Å². The van der Waals surface area contributed by atoms with Crippen LogP contribution in [0.15, 0.2) is 34.1 Å². The molecule has 0 aliphatic rings. The minimum Gasteiger partial charge on any atom is -0.476 e. The Hall–Kier alpha value is -1.24. The van der Waals surface area contributed by atoms with Gasteiger partial charge in [0.25, 0.3) is 0 Å². The number of rotatable bonds is 5. The van der Waals surface area contributed by atoms with Gasteiger partial charge in [-0.25, -0.2) is 9.78 Å². The fourth-order valence-electron chi connectivity index (χ4n) is 1.68. The van der Waals surface area contributed by atoms with Gasteiger partial charge in [-0.1, -0.05) is 34.1 Å². The lowest BCUT2D eigenvalue weighted by atomic mass is 10.1. The Morgan fingerprint density at radius 1 is 1.53 bits per heavy atom. The molecule has 0 bridgehead atoms. The van der Waals surface area contributed by atoms with E-state index in [4.69, 9.17) is 5.11 Å². The highest BCUT2D eigenvalue weighted by Gasteiger charge is 2.11. The van der Waals surface area contributed by atoms with Crippen LogP contribution in [0.2, 0.25) is 0 Å². The molecule has 0 spiro atoms. The van der Waals surface area contributed by atoms with Gasteiger partial charge in [0.1, 0.15) is 0 Å². The predicted octanol–water partition coefficient (Wildman–Crippen LogP) is 3.45. The molecule has 1 aromatic heterocycles. The Labute approximate surface area is 123 Å². The van der Waals surface area contributed by atoms with Crippen molar-refractivity contribution in [2.75, 3.05) is 0 Å². The largest absolute Gasteiger partial charge is 0.476 e. The third kappa shape index (κ3) is 3.62. The summed E-state index contributed by atoms with van der Waals surface area (Å²) in [6, 6.07) is 8.17. The monoisotopic (exact) mass is 340 g/mol. The van der Waals surface area contributed by atoms with E-state index >= 15 is 0 Å². The van der Waals surface area contributed by atoms with Crippen LogP contribution in [0.5, 0.6) is 0 Å². The Kier molecular flexibility index (Phi) is 4.68. The van der Waals surface area contributed by atoms with Crippen molar-refractivity contribution in [2.24, 2.45) is 0 Å². The number of carbonyl (C=O) groups is 1. The molecule has 0 saturated heterocycles. The zero-order chi connectivity index (χ0) is 13.8. The number of nitrogens with zero attached hydrogens (tertiary/aromatic N) is 1. The van der Waals surface area contributed by atoms with Crippen molar-refractivity contribution in [3.8, 4) is 0 Å². The van der Waals surface area contributed by atoms with Gasteiger partial charge in [0.15, 0.2) is 0 Å². The van der Waals surface area contributed by atoms with Crippen molar-refractivity contribution in [1.29, 1.82) is 0 Å². The summed E-state index contributed by atoms with van der Waals surface area (Å²) in [7, 11) is 0. The van der Waals surface area contributed by atoms with E-state index in [-0.39, 0.29) is 11.0 Å². The topological polar surface area (TPSA) is 62.2 Å². The van der Waals surface area contributed by atoms with E-state index in [2.05, 4.69) is 33.2 Å². The maximum Gasteiger partial charge on any atom is 0.365 e. The minimum atomic E-state index is -0.977. The summed E-state index contributed by atoms with van der Waals surface area (Å²) >= 11 is 4.66. The quantitative estimate of drug-likeness (QED) is 0.874. The molecular formula is C13H13BrN2O2S. The number of aromatic nitrogens is 1. The molecule has 0 saturated carbocycles. The average molecular weight is 341 g/mol. The summed E-state index contributed by atoms with van der Waals surface area (Å²) in [5.41, 5.74) is 1.91. The first-order chi connectivity index (χ1) is 9.08. The molecule has 100 valence electrons. The maximum atomic E-state index is 10.7. The van der Waals surface area contributed by atoms with Crippen LogP contribution in [-0.2, 0) is 6.54 Å². The fraction of sp³-hybridized carbons (Fsp3) is 0.231. The van der Waals surface area contributed by atoms with E-state index in [1.807, 2.05) is 24.3 Å². The molecule has 0 amide bonds. The van der Waals surface area contributed by atoms with Gasteiger partial charge < -0.3 is 10.4 Å². The molecule has 0 aliphatic heterocycles. The number of carboxylic acids is 1. The highest BCUT2D eigenvalue weighted by atomic mass is 79.9. The molecule has 4 nitrogen and oxygen atoms in total. The molecule has 2 aromatic rings. The van der Waals surface area contributed by atoms with Crippen molar-refractivity contribution in [3.05, 3.63) is 50.4 Å². The molecule has 0 fully saturated rings. The Morgan fingerprint density at radius 3 is 2.89 bits per heavy atom. The van der Waals surface area contributed by atoms with Gasteiger partial charge in [-0.2, -0.15) is 0 Å². The van der Waals surface area contributed by atoms with Crippen molar-refractivity contribution >= 4 is 33.2 Å². The lowest BCUT2D eigenvalue weighted by molar-refractivity contribution is 0.0696. The molecule has 0 radical (unpaired) electrons. The number of benzene rings is 1. The van der Waals surface area contributed by atoms with E-state index in [1.54, 1.807) is 5.38 Å². The van der Waals surface area contributed by atoms with Gasteiger partial charge >= 0.3 is 5.97 Å². The van der Waals surface area contributed by atoms with Crippen LogP contribution in [0, 0.1) is 0 Å². The first-order valence-electron chi connectivity index (χ1n) is 5.73. The number of carboxylic acid groups (broad SMARTS) is 1. The van der Waals surface area contributed by atoms with E-state index in [0.29, 0.717) is 6.54 Å². The van der Waals surface area contributed by atoms with Crippen molar-refractivity contribution in [3.63, 3.8) is 0 Å². The number of hydrogen-bond donors (Lipinski definition) is 2. The molecule has 1 atom stereocenters. The lowest BCUT2D eigenvalue weighted by Gasteiger charge is -2.14. The molecular weight excluding hydrogens is 328 g/mol. The molecule has 0 unspecified atom stereocenters. The van der Waals surface area contributed by atoms with Gasteiger partial charge in [-0.05, 0) is 18.6 Å². The number of nitrogens with one attached hydrogen (secondary N) is 1. The first-order valence-corrected chi connectivity index (χ1v) is 7.40. The second-order valence-corrected chi connectivity index (χ2v) is 5.79. The molecule has 2 rings (SSSR count). The van der Waals surface area contributed by atoms with E-state index in [9.17, 15) is 4.79 Å². The molecule has 2 N–H and O–H groups in total. The summed E-state index contributed by atoms with van der Waals surface area (Å²) in [6.45, 7) is 2.61. The van der Waals surface area contributed by atoms with Crippen LogP contribution in [0.4, 0.5) is 0 Å². The Balaban J connectivity index is 1.98. The fourth-order valence-corrected chi connectivity index (χ4v) is 2.96. The standard InChI is InChI=1S/C13H13BrN2O2S/c1-8(10-4-2-3-5-11(10)14)15-6-9-7-19-12(16-9)13(17)18/h2-5,7-8,15H,6H2,1H3,(H,17,18)/t8-/m1/s1. The van der Waals surface area contributed by atoms with Crippen LogP contribution >= 0.6 is 27.3 Å². The highest BCUT2D eigenvalue weighted by Crippen LogP contribution is 2.23. The van der Waals surface area contributed by atoms with Crippen molar-refractivity contribution in [2.45, 2.75) is 19.5 Å². The number of hydrogen-bond acceptors (Lipinski definition) is 4. The summed E-state index contributed by atoms with van der Waals surface area (Å²) < 4.78 is 1.06. The Bertz CT molecular complexity index is 586. The summed E-state index contributed by atoms with van der Waals surface area (Å²) in [5.74, 6) is -0.977. The number of halogens is 1. The molecule has 0 aliphatic carbocycles. The van der Waals surface area contributed by atoms with Crippen molar-refractivity contribution < 1.29 is 9.90 Å². The normalized spacial score (nSPS) is 12.3. The van der Waals surface area contributed by atoms with E-state index in [0.717, 1.165) is 27.1 Å².